The number of hydrogen-bond acceptors (Lipinski definition) is 3. The maximum atomic E-state index is 13.4. The van der Waals surface area contributed by atoms with Crippen LogP contribution in [0.4, 0.5) is 0 Å². The first-order valence-corrected chi connectivity index (χ1v) is 8.31. The highest BCUT2D eigenvalue weighted by Crippen LogP contribution is 2.35. The standard InChI is InChI=1S/C20H24N2O/c21-17-13-7-8-14-20(17,22)19(23)18(15-9-3-1-4-10-15)16-11-5-2-6-12-16/h1-6,9-12,17-18H,7-8,13-14,21-22H2. The lowest BCUT2D eigenvalue weighted by atomic mass is 9.70. The Morgan fingerprint density at radius 2 is 1.48 bits per heavy atom. The Bertz CT molecular complexity index is 616. The number of hydrogen-bond donors (Lipinski definition) is 2. The molecule has 1 aliphatic rings. The predicted octanol–water partition coefficient (Wildman–Crippen LogP) is 2.99. The SMILES string of the molecule is NC1CCCCC1(N)C(=O)C(c1ccccc1)c1ccccc1. The molecule has 2 aromatic carbocycles. The van der Waals surface area contributed by atoms with E-state index in [1.807, 2.05) is 60.7 Å². The molecule has 0 aromatic heterocycles. The van der Waals surface area contributed by atoms with Gasteiger partial charge in [0, 0.05) is 6.04 Å². The van der Waals surface area contributed by atoms with Crippen molar-refractivity contribution in [3.05, 3.63) is 71.8 Å². The van der Waals surface area contributed by atoms with Gasteiger partial charge in [0.1, 0.15) is 0 Å². The second-order valence-corrected chi connectivity index (χ2v) is 6.51. The molecule has 3 rings (SSSR count). The molecule has 4 N–H and O–H groups in total. The van der Waals surface area contributed by atoms with Gasteiger partial charge < -0.3 is 11.5 Å². The van der Waals surface area contributed by atoms with E-state index in [1.165, 1.54) is 0 Å². The minimum Gasteiger partial charge on any atom is -0.326 e. The number of rotatable bonds is 4. The zero-order chi connectivity index (χ0) is 16.3. The van der Waals surface area contributed by atoms with Crippen LogP contribution in [0.3, 0.4) is 0 Å². The molecule has 0 spiro atoms. The molecule has 0 radical (unpaired) electrons. The number of carbonyl (C=O) groups excluding carboxylic acids is 1. The van der Waals surface area contributed by atoms with Crippen LogP contribution in [0.1, 0.15) is 42.7 Å². The molecule has 3 nitrogen and oxygen atoms in total. The third-order valence-corrected chi connectivity index (χ3v) is 5.00. The lowest BCUT2D eigenvalue weighted by Crippen LogP contribution is -2.63. The molecule has 3 heteroatoms. The highest BCUT2D eigenvalue weighted by molar-refractivity contribution is 5.97. The highest BCUT2D eigenvalue weighted by atomic mass is 16.1. The summed E-state index contributed by atoms with van der Waals surface area (Å²) in [5.74, 6) is -0.311. The first kappa shape index (κ1) is 15.9. The van der Waals surface area contributed by atoms with Crippen molar-refractivity contribution in [2.45, 2.75) is 43.2 Å². The van der Waals surface area contributed by atoms with Crippen molar-refractivity contribution in [1.82, 2.24) is 0 Å². The number of ketones is 1. The molecule has 0 saturated heterocycles. The van der Waals surface area contributed by atoms with Gasteiger partial charge in [0.25, 0.3) is 0 Å². The monoisotopic (exact) mass is 308 g/mol. The van der Waals surface area contributed by atoms with Crippen LogP contribution in [0.2, 0.25) is 0 Å². The van der Waals surface area contributed by atoms with Crippen molar-refractivity contribution in [3.63, 3.8) is 0 Å². The van der Waals surface area contributed by atoms with Crippen molar-refractivity contribution in [2.75, 3.05) is 0 Å². The average molecular weight is 308 g/mol. The van der Waals surface area contributed by atoms with Gasteiger partial charge in [0.05, 0.1) is 11.5 Å². The van der Waals surface area contributed by atoms with Gasteiger partial charge in [-0.3, -0.25) is 4.79 Å². The fourth-order valence-electron chi connectivity index (χ4n) is 3.59. The third-order valence-electron chi connectivity index (χ3n) is 5.00. The topological polar surface area (TPSA) is 69.1 Å². The van der Waals surface area contributed by atoms with E-state index in [2.05, 4.69) is 0 Å². The molecule has 2 atom stereocenters. The zero-order valence-corrected chi connectivity index (χ0v) is 13.3. The number of carbonyl (C=O) groups is 1. The van der Waals surface area contributed by atoms with E-state index in [0.717, 1.165) is 30.4 Å². The first-order valence-electron chi connectivity index (χ1n) is 8.31. The van der Waals surface area contributed by atoms with E-state index < -0.39 is 5.54 Å². The van der Waals surface area contributed by atoms with Crippen LogP contribution in [0, 0.1) is 0 Å². The molecule has 1 saturated carbocycles. The van der Waals surface area contributed by atoms with E-state index in [9.17, 15) is 4.79 Å². The number of Topliss-reactive ketones (excluding diaryl/α,β-unsaturated/α-hetero) is 1. The molecule has 0 aliphatic heterocycles. The molecule has 0 bridgehead atoms. The summed E-state index contributed by atoms with van der Waals surface area (Å²) in [7, 11) is 0. The van der Waals surface area contributed by atoms with Crippen LogP contribution in [0.15, 0.2) is 60.7 Å². The van der Waals surface area contributed by atoms with Gasteiger partial charge in [0.2, 0.25) is 0 Å². The smallest absolute Gasteiger partial charge is 0.166 e. The van der Waals surface area contributed by atoms with Crippen molar-refractivity contribution in [1.29, 1.82) is 0 Å². The van der Waals surface area contributed by atoms with E-state index in [1.54, 1.807) is 0 Å². The molecule has 0 amide bonds. The van der Waals surface area contributed by atoms with Crippen LogP contribution < -0.4 is 11.5 Å². The molecule has 0 heterocycles. The fourth-order valence-corrected chi connectivity index (χ4v) is 3.59. The largest absolute Gasteiger partial charge is 0.326 e. The summed E-state index contributed by atoms with van der Waals surface area (Å²) in [5.41, 5.74) is 13.8. The van der Waals surface area contributed by atoms with Crippen molar-refractivity contribution >= 4 is 5.78 Å². The maximum absolute atomic E-state index is 13.4. The van der Waals surface area contributed by atoms with E-state index in [-0.39, 0.29) is 17.7 Å². The summed E-state index contributed by atoms with van der Waals surface area (Å²) < 4.78 is 0. The molecular formula is C20H24N2O. The highest BCUT2D eigenvalue weighted by Gasteiger charge is 2.45. The second-order valence-electron chi connectivity index (χ2n) is 6.51. The summed E-state index contributed by atoms with van der Waals surface area (Å²) in [6.45, 7) is 0. The summed E-state index contributed by atoms with van der Waals surface area (Å²) in [4.78, 5) is 13.4. The summed E-state index contributed by atoms with van der Waals surface area (Å²) in [5, 5.41) is 0. The van der Waals surface area contributed by atoms with Gasteiger partial charge >= 0.3 is 0 Å². The Morgan fingerprint density at radius 1 is 0.957 bits per heavy atom. The van der Waals surface area contributed by atoms with Crippen LogP contribution in [0.5, 0.6) is 0 Å². The van der Waals surface area contributed by atoms with Gasteiger partial charge in [-0.25, -0.2) is 0 Å². The lowest BCUT2D eigenvalue weighted by molar-refractivity contribution is -0.126. The van der Waals surface area contributed by atoms with Crippen LogP contribution >= 0.6 is 0 Å². The Labute approximate surface area is 137 Å². The maximum Gasteiger partial charge on any atom is 0.166 e. The van der Waals surface area contributed by atoms with E-state index >= 15 is 0 Å². The first-order chi connectivity index (χ1) is 11.1. The number of nitrogens with two attached hydrogens (primary N) is 2. The fraction of sp³-hybridized carbons (Fsp3) is 0.350. The second kappa shape index (κ2) is 6.65. The molecule has 2 aromatic rings. The Balaban J connectivity index is 2.03. The average Bonchev–Trinajstić information content (AvgIpc) is 2.60. The van der Waals surface area contributed by atoms with Gasteiger partial charge in [0.15, 0.2) is 5.78 Å². The van der Waals surface area contributed by atoms with Crippen molar-refractivity contribution in [2.24, 2.45) is 11.5 Å². The molecule has 23 heavy (non-hydrogen) atoms. The van der Waals surface area contributed by atoms with Crippen LogP contribution in [0.25, 0.3) is 0 Å². The van der Waals surface area contributed by atoms with Gasteiger partial charge in [-0.05, 0) is 24.0 Å². The molecular weight excluding hydrogens is 284 g/mol. The minimum absolute atomic E-state index is 0.0436. The molecule has 120 valence electrons. The number of benzene rings is 2. The third kappa shape index (κ3) is 3.07. The van der Waals surface area contributed by atoms with E-state index in [4.69, 9.17) is 11.5 Å². The Morgan fingerprint density at radius 3 is 1.96 bits per heavy atom. The van der Waals surface area contributed by atoms with E-state index in [0.29, 0.717) is 6.42 Å². The minimum atomic E-state index is -0.936. The van der Waals surface area contributed by atoms with Crippen molar-refractivity contribution < 1.29 is 4.79 Å². The normalized spacial score (nSPS) is 24.6. The van der Waals surface area contributed by atoms with Crippen LogP contribution in [-0.2, 0) is 4.79 Å². The Kier molecular flexibility index (Phi) is 4.60. The summed E-state index contributed by atoms with van der Waals surface area (Å²) >= 11 is 0. The van der Waals surface area contributed by atoms with Gasteiger partial charge in [-0.2, -0.15) is 0 Å². The van der Waals surface area contributed by atoms with Crippen LogP contribution in [-0.4, -0.2) is 17.4 Å². The Hall–Kier alpha value is -1.97. The van der Waals surface area contributed by atoms with Gasteiger partial charge in [-0.15, -0.1) is 0 Å². The lowest BCUT2D eigenvalue weighted by Gasteiger charge is -2.40. The predicted molar refractivity (Wildman–Crippen MR) is 93.1 cm³/mol. The van der Waals surface area contributed by atoms with Gasteiger partial charge in [-0.1, -0.05) is 73.5 Å². The molecule has 1 fully saturated rings. The molecule has 1 aliphatic carbocycles. The zero-order valence-electron chi connectivity index (χ0n) is 13.3. The quantitative estimate of drug-likeness (QED) is 0.912. The summed E-state index contributed by atoms with van der Waals surface area (Å²) in [6, 6.07) is 19.5. The van der Waals surface area contributed by atoms with Crippen molar-refractivity contribution in [3.8, 4) is 0 Å². The summed E-state index contributed by atoms with van der Waals surface area (Å²) in [6.07, 6.45) is 3.50. The molecule has 2 unspecified atom stereocenters.